The van der Waals surface area contributed by atoms with Crippen molar-refractivity contribution >= 4 is 23.4 Å². The number of hydrogen-bond acceptors (Lipinski definition) is 5. The van der Waals surface area contributed by atoms with Crippen molar-refractivity contribution in [2.75, 3.05) is 23.0 Å². The molecule has 0 aliphatic carbocycles. The number of rotatable bonds is 4. The molecule has 0 bridgehead atoms. The molecule has 1 saturated heterocycles. The fraction of sp³-hybridized carbons (Fsp3) is 0.407. The van der Waals surface area contributed by atoms with Crippen LogP contribution in [0.25, 0.3) is 0 Å². The average Bonchev–Trinajstić information content (AvgIpc) is 3.20. The third-order valence-corrected chi connectivity index (χ3v) is 6.87. The van der Waals surface area contributed by atoms with Crippen LogP contribution in [0.15, 0.2) is 49.1 Å². The van der Waals surface area contributed by atoms with Crippen LogP contribution in [0.1, 0.15) is 46.3 Å². The summed E-state index contributed by atoms with van der Waals surface area (Å²) in [6.07, 6.45) is 2.99. The van der Waals surface area contributed by atoms with Crippen molar-refractivity contribution in [1.82, 2.24) is 0 Å². The molecule has 2 aromatic rings. The van der Waals surface area contributed by atoms with Crippen molar-refractivity contribution in [1.29, 1.82) is 0 Å². The van der Waals surface area contributed by atoms with Crippen molar-refractivity contribution in [3.05, 3.63) is 71.3 Å². The molecule has 3 aliphatic rings. The number of benzene rings is 2. The van der Waals surface area contributed by atoms with Crippen LogP contribution in [-0.4, -0.2) is 43.8 Å². The minimum atomic E-state index is -0.778. The van der Waals surface area contributed by atoms with Gasteiger partial charge in [-0.05, 0) is 74.4 Å². The Kier molecular flexibility index (Phi) is 6.15. The lowest BCUT2D eigenvalue weighted by molar-refractivity contribution is -0.190. The Bertz CT molecular complexity index is 1120. The molecule has 3 heterocycles. The molecule has 7 nitrogen and oxygen atoms in total. The van der Waals surface area contributed by atoms with E-state index in [0.717, 1.165) is 41.6 Å². The monoisotopic (exact) mass is 462 g/mol. The molecular formula is C27H30N2O5. The van der Waals surface area contributed by atoms with E-state index < -0.39 is 24.7 Å². The fourth-order valence-corrected chi connectivity index (χ4v) is 5.04. The highest BCUT2D eigenvalue weighted by Crippen LogP contribution is 2.42. The van der Waals surface area contributed by atoms with Crippen molar-refractivity contribution in [3.63, 3.8) is 0 Å². The van der Waals surface area contributed by atoms with Gasteiger partial charge in [0.05, 0.1) is 17.3 Å². The van der Waals surface area contributed by atoms with Gasteiger partial charge in [0, 0.05) is 12.3 Å². The summed E-state index contributed by atoms with van der Waals surface area (Å²) in [5, 5.41) is 0. The van der Waals surface area contributed by atoms with Crippen molar-refractivity contribution in [3.8, 4) is 0 Å². The Labute approximate surface area is 199 Å². The minimum absolute atomic E-state index is 0.0602. The molecule has 178 valence electrons. The smallest absolute Gasteiger partial charge is 0.416 e. The number of hydrogen-bond donors (Lipinski definition) is 0. The maximum absolute atomic E-state index is 14.0. The normalized spacial score (nSPS) is 23.6. The third-order valence-electron chi connectivity index (χ3n) is 6.87. The first-order chi connectivity index (χ1) is 16.5. The van der Waals surface area contributed by atoms with E-state index >= 15 is 0 Å². The molecule has 1 fully saturated rings. The van der Waals surface area contributed by atoms with Gasteiger partial charge in [0.25, 0.3) is 5.91 Å². The lowest BCUT2D eigenvalue weighted by Crippen LogP contribution is -2.55. The summed E-state index contributed by atoms with van der Waals surface area (Å²) in [5.74, 6) is -0.148. The molecule has 2 aromatic carbocycles. The number of nitrogens with zero attached hydrogens (tertiary/aromatic N) is 2. The van der Waals surface area contributed by atoms with Gasteiger partial charge in [-0.25, -0.2) is 9.69 Å². The Balaban J connectivity index is 1.68. The molecule has 5 rings (SSSR count). The molecule has 34 heavy (non-hydrogen) atoms. The maximum atomic E-state index is 14.0. The lowest BCUT2D eigenvalue weighted by atomic mass is 10.0. The lowest BCUT2D eigenvalue weighted by Gasteiger charge is -2.38. The van der Waals surface area contributed by atoms with Crippen molar-refractivity contribution in [2.24, 2.45) is 0 Å². The molecule has 0 spiro atoms. The summed E-state index contributed by atoms with van der Waals surface area (Å²) in [7, 11) is 0. The topological polar surface area (TPSA) is 68.3 Å². The standard InChI is InChI=1S/C27H30N2O5/c1-4-12-33-27(31)29-22-15-18(3)17(2)14-20(22)25(30)28-21-10-6-5-9-19(21)16-23(28)26(29)34-24-11-7-8-13-32-24/h4-6,9-10,14-15,23-24,26H,1,7-8,11-13,16H2,2-3H3/t23-,24?,26?/m0/s1. The molecule has 0 aromatic heterocycles. The Morgan fingerprint density at radius 1 is 1.18 bits per heavy atom. The highest BCUT2D eigenvalue weighted by atomic mass is 16.7. The number of fused-ring (bicyclic) bond motifs is 4. The maximum Gasteiger partial charge on any atom is 0.416 e. The molecule has 0 N–H and O–H groups in total. The minimum Gasteiger partial charge on any atom is -0.445 e. The second kappa shape index (κ2) is 9.24. The number of aryl methyl sites for hydroxylation is 2. The van der Waals surface area contributed by atoms with Gasteiger partial charge in [-0.1, -0.05) is 30.9 Å². The van der Waals surface area contributed by atoms with E-state index in [-0.39, 0.29) is 12.5 Å². The number of amides is 2. The van der Waals surface area contributed by atoms with Gasteiger partial charge in [-0.2, -0.15) is 0 Å². The van der Waals surface area contributed by atoms with Crippen LogP contribution in [0.4, 0.5) is 16.2 Å². The van der Waals surface area contributed by atoms with E-state index in [1.165, 1.54) is 11.0 Å². The first kappa shape index (κ1) is 22.6. The van der Waals surface area contributed by atoms with Crippen LogP contribution in [0.2, 0.25) is 0 Å². The van der Waals surface area contributed by atoms with E-state index in [9.17, 15) is 9.59 Å². The SMILES string of the molecule is C=CCOC(=O)N1c2cc(C)c(C)cc2C(=O)N2c3ccccc3C[C@H]2C1OC1CCCCO1. The molecule has 3 atom stereocenters. The van der Waals surface area contributed by atoms with Crippen LogP contribution in [0.3, 0.4) is 0 Å². The number of para-hydroxylation sites is 1. The molecule has 2 amide bonds. The number of carbonyl (C=O) groups is 2. The molecule has 0 saturated carbocycles. The van der Waals surface area contributed by atoms with Gasteiger partial charge < -0.3 is 19.1 Å². The predicted molar refractivity (Wildman–Crippen MR) is 129 cm³/mol. The zero-order chi connectivity index (χ0) is 23.8. The second-order valence-electron chi connectivity index (χ2n) is 9.09. The van der Waals surface area contributed by atoms with Crippen molar-refractivity contribution < 1.29 is 23.8 Å². The number of ether oxygens (including phenoxy) is 3. The quantitative estimate of drug-likeness (QED) is 0.606. The summed E-state index contributed by atoms with van der Waals surface area (Å²) in [6, 6.07) is 11.2. The summed E-state index contributed by atoms with van der Waals surface area (Å²) < 4.78 is 17.9. The van der Waals surface area contributed by atoms with Gasteiger partial charge in [-0.3, -0.25) is 4.79 Å². The average molecular weight is 463 g/mol. The second-order valence-corrected chi connectivity index (χ2v) is 9.09. The van der Waals surface area contributed by atoms with Gasteiger partial charge in [0.1, 0.15) is 6.61 Å². The van der Waals surface area contributed by atoms with Gasteiger partial charge in [0.15, 0.2) is 12.5 Å². The highest BCUT2D eigenvalue weighted by Gasteiger charge is 2.49. The number of anilines is 2. The summed E-state index contributed by atoms with van der Waals surface area (Å²) in [4.78, 5) is 30.8. The zero-order valence-corrected chi connectivity index (χ0v) is 19.7. The van der Waals surface area contributed by atoms with E-state index in [1.807, 2.05) is 50.2 Å². The van der Waals surface area contributed by atoms with E-state index in [1.54, 1.807) is 4.90 Å². The largest absolute Gasteiger partial charge is 0.445 e. The molecule has 3 aliphatic heterocycles. The van der Waals surface area contributed by atoms with Crippen LogP contribution >= 0.6 is 0 Å². The van der Waals surface area contributed by atoms with Crippen LogP contribution in [-0.2, 0) is 20.6 Å². The molecular weight excluding hydrogens is 432 g/mol. The van der Waals surface area contributed by atoms with Crippen LogP contribution in [0, 0.1) is 13.8 Å². The van der Waals surface area contributed by atoms with E-state index in [4.69, 9.17) is 14.2 Å². The highest BCUT2D eigenvalue weighted by molar-refractivity contribution is 6.14. The summed E-state index contributed by atoms with van der Waals surface area (Å²) in [5.41, 5.74) is 4.80. The molecule has 7 heteroatoms. The third kappa shape index (κ3) is 3.89. The van der Waals surface area contributed by atoms with Gasteiger partial charge in [0.2, 0.25) is 0 Å². The Morgan fingerprint density at radius 2 is 1.97 bits per heavy atom. The van der Waals surface area contributed by atoms with Gasteiger partial charge in [-0.15, -0.1) is 0 Å². The van der Waals surface area contributed by atoms with Crippen LogP contribution < -0.4 is 9.80 Å². The fourth-order valence-electron chi connectivity index (χ4n) is 5.04. The first-order valence-electron chi connectivity index (χ1n) is 11.9. The Hall–Kier alpha value is -3.16. The predicted octanol–water partition coefficient (Wildman–Crippen LogP) is 4.89. The van der Waals surface area contributed by atoms with Crippen LogP contribution in [0.5, 0.6) is 0 Å². The zero-order valence-electron chi connectivity index (χ0n) is 19.7. The van der Waals surface area contributed by atoms with E-state index in [2.05, 4.69) is 6.58 Å². The first-order valence-corrected chi connectivity index (χ1v) is 11.9. The summed E-state index contributed by atoms with van der Waals surface area (Å²) >= 11 is 0. The number of carbonyl (C=O) groups excluding carboxylic acids is 2. The summed E-state index contributed by atoms with van der Waals surface area (Å²) in [6.45, 7) is 8.27. The van der Waals surface area contributed by atoms with Crippen molar-refractivity contribution in [2.45, 2.75) is 58.1 Å². The van der Waals surface area contributed by atoms with E-state index in [0.29, 0.717) is 24.3 Å². The Morgan fingerprint density at radius 3 is 2.74 bits per heavy atom. The van der Waals surface area contributed by atoms with Gasteiger partial charge >= 0.3 is 6.09 Å². The molecule has 2 unspecified atom stereocenters. The molecule has 0 radical (unpaired) electrons.